The van der Waals surface area contributed by atoms with Gasteiger partial charge in [0, 0.05) is 0 Å². The maximum atomic E-state index is 12.6. The van der Waals surface area contributed by atoms with E-state index in [2.05, 4.69) is 0 Å². The van der Waals surface area contributed by atoms with Crippen LogP contribution < -0.4 is 0 Å². The van der Waals surface area contributed by atoms with E-state index in [1.807, 2.05) is 0 Å². The zero-order chi connectivity index (χ0) is 13.1. The van der Waals surface area contributed by atoms with Gasteiger partial charge in [-0.05, 0) is 56.2 Å². The van der Waals surface area contributed by atoms with Crippen LogP contribution in [-0.4, -0.2) is 21.9 Å². The van der Waals surface area contributed by atoms with Crippen molar-refractivity contribution in [1.29, 1.82) is 0 Å². The highest BCUT2D eigenvalue weighted by atomic mass is 32.2. The van der Waals surface area contributed by atoms with Crippen molar-refractivity contribution in [2.24, 2.45) is 0 Å². The molecule has 1 atom stereocenters. The highest BCUT2D eigenvalue weighted by Crippen LogP contribution is 2.14. The first-order chi connectivity index (χ1) is 7.78. The average molecular weight is 258 g/mol. The second kappa shape index (κ2) is 5.51. The molecule has 3 nitrogen and oxygen atoms in total. The third-order valence-electron chi connectivity index (χ3n) is 1.75. The maximum absolute atomic E-state index is 12.6. The lowest BCUT2D eigenvalue weighted by Crippen LogP contribution is -2.28. The molecule has 0 aromatic heterocycles. The largest absolute Gasteiger partial charge is 0.611 e. The number of hydrogen-bond donors (Lipinski definition) is 0. The molecule has 0 aliphatic heterocycles. The van der Waals surface area contributed by atoms with Gasteiger partial charge in [0.1, 0.15) is 11.4 Å². The van der Waals surface area contributed by atoms with E-state index in [1.165, 1.54) is 24.3 Å². The van der Waals surface area contributed by atoms with Crippen molar-refractivity contribution in [3.8, 4) is 0 Å². The molecule has 0 aliphatic rings. The minimum atomic E-state index is -1.50. The molecule has 94 valence electrons. The summed E-state index contributed by atoms with van der Waals surface area (Å²) in [6, 6.07) is 5.22. The molecule has 0 spiro atoms. The van der Waals surface area contributed by atoms with Crippen LogP contribution in [0.25, 0.3) is 0 Å². The van der Waals surface area contributed by atoms with Gasteiger partial charge in [0.05, 0.1) is 0 Å². The summed E-state index contributed by atoms with van der Waals surface area (Å²) in [6.45, 7) is 5.23. The number of hydrogen-bond acceptors (Lipinski definition) is 3. The molecule has 0 radical (unpaired) electrons. The summed E-state index contributed by atoms with van der Waals surface area (Å²) in [7, 11) is 0. The fraction of sp³-hybridized carbons (Fsp3) is 0.417. The van der Waals surface area contributed by atoms with Gasteiger partial charge in [-0.2, -0.15) is 0 Å². The predicted molar refractivity (Wildman–Crippen MR) is 63.5 cm³/mol. The Kier molecular flexibility index (Phi) is 4.54. The van der Waals surface area contributed by atoms with E-state index in [1.54, 1.807) is 20.8 Å². The number of carbonyl (C=O) groups is 1. The van der Waals surface area contributed by atoms with Crippen molar-refractivity contribution in [3.05, 3.63) is 30.1 Å². The van der Waals surface area contributed by atoms with Crippen molar-refractivity contribution in [2.45, 2.75) is 31.3 Å². The number of ether oxygens (including phenoxy) is 1. The molecule has 17 heavy (non-hydrogen) atoms. The lowest BCUT2D eigenvalue weighted by Gasteiger charge is -2.19. The standard InChI is InChI=1S/C12H15FO3S/c1-12(2,3)16-11(14)8-17(15)10-6-4-9(13)5-7-10/h4-7H,8H2,1-3H3. The van der Waals surface area contributed by atoms with Crippen LogP contribution in [0.15, 0.2) is 29.2 Å². The van der Waals surface area contributed by atoms with Crippen LogP contribution in [0.3, 0.4) is 0 Å². The van der Waals surface area contributed by atoms with E-state index in [9.17, 15) is 13.7 Å². The van der Waals surface area contributed by atoms with E-state index < -0.39 is 28.6 Å². The van der Waals surface area contributed by atoms with Crippen LogP contribution in [0.4, 0.5) is 4.39 Å². The first-order valence-electron chi connectivity index (χ1n) is 5.14. The Morgan fingerprint density at radius 2 is 1.88 bits per heavy atom. The average Bonchev–Trinajstić information content (AvgIpc) is 2.15. The summed E-state index contributed by atoms with van der Waals surface area (Å²) in [6.07, 6.45) is 0. The molecule has 0 saturated heterocycles. The smallest absolute Gasteiger partial charge is 0.357 e. The number of benzene rings is 1. The summed E-state index contributed by atoms with van der Waals surface area (Å²) in [5.41, 5.74) is -0.593. The fourth-order valence-corrected chi connectivity index (χ4v) is 2.03. The Hall–Kier alpha value is -1.07. The fourth-order valence-electron chi connectivity index (χ4n) is 1.15. The van der Waals surface area contributed by atoms with E-state index in [4.69, 9.17) is 4.74 Å². The summed E-state index contributed by atoms with van der Waals surface area (Å²) >= 11 is -1.50. The maximum Gasteiger partial charge on any atom is 0.357 e. The summed E-state index contributed by atoms with van der Waals surface area (Å²) in [4.78, 5) is 11.8. The van der Waals surface area contributed by atoms with E-state index in [-0.39, 0.29) is 5.75 Å². The topological polar surface area (TPSA) is 49.4 Å². The molecule has 1 unspecified atom stereocenters. The SMILES string of the molecule is CC(C)(C)OC(=O)C[S+]([O-])c1ccc(F)cc1. The number of halogens is 1. The molecule has 1 aromatic rings. The van der Waals surface area contributed by atoms with Gasteiger partial charge in [0.25, 0.3) is 0 Å². The number of esters is 1. The highest BCUT2D eigenvalue weighted by Gasteiger charge is 2.22. The van der Waals surface area contributed by atoms with Gasteiger partial charge in [0.15, 0.2) is 4.90 Å². The van der Waals surface area contributed by atoms with Gasteiger partial charge in [-0.1, -0.05) is 0 Å². The molecule has 0 fully saturated rings. The zero-order valence-electron chi connectivity index (χ0n) is 10.0. The second-order valence-electron chi connectivity index (χ2n) is 4.53. The quantitative estimate of drug-likeness (QED) is 0.617. The number of rotatable bonds is 3. The predicted octanol–water partition coefficient (Wildman–Crippen LogP) is 2.28. The minimum absolute atomic E-state index is 0.219. The van der Waals surface area contributed by atoms with Crippen molar-refractivity contribution in [3.63, 3.8) is 0 Å². The highest BCUT2D eigenvalue weighted by molar-refractivity contribution is 7.92. The van der Waals surface area contributed by atoms with Crippen LogP contribution in [0.1, 0.15) is 20.8 Å². The van der Waals surface area contributed by atoms with Gasteiger partial charge in [-0.3, -0.25) is 0 Å². The molecular formula is C12H15FO3S. The zero-order valence-corrected chi connectivity index (χ0v) is 10.8. The van der Waals surface area contributed by atoms with Crippen LogP contribution in [0, 0.1) is 5.82 Å². The summed E-state index contributed by atoms with van der Waals surface area (Å²) in [5.74, 6) is -1.15. The lowest BCUT2D eigenvalue weighted by atomic mass is 10.2. The van der Waals surface area contributed by atoms with Crippen molar-refractivity contribution < 1.29 is 18.5 Å². The van der Waals surface area contributed by atoms with Gasteiger partial charge in [-0.15, -0.1) is 0 Å². The molecule has 1 rings (SSSR count). The molecule has 0 N–H and O–H groups in total. The first-order valence-corrected chi connectivity index (χ1v) is 6.45. The molecule has 0 saturated carbocycles. The minimum Gasteiger partial charge on any atom is -0.611 e. The van der Waals surface area contributed by atoms with Crippen molar-refractivity contribution in [1.82, 2.24) is 0 Å². The van der Waals surface area contributed by atoms with E-state index >= 15 is 0 Å². The van der Waals surface area contributed by atoms with Gasteiger partial charge < -0.3 is 9.29 Å². The van der Waals surface area contributed by atoms with Gasteiger partial charge >= 0.3 is 5.97 Å². The Morgan fingerprint density at radius 1 is 1.35 bits per heavy atom. The monoisotopic (exact) mass is 258 g/mol. The Bertz CT molecular complexity index is 384. The molecular weight excluding hydrogens is 243 g/mol. The second-order valence-corrected chi connectivity index (χ2v) is 5.98. The Morgan fingerprint density at radius 3 is 2.35 bits per heavy atom. The van der Waals surface area contributed by atoms with Crippen LogP contribution in [0.5, 0.6) is 0 Å². The van der Waals surface area contributed by atoms with Crippen molar-refractivity contribution >= 4 is 17.1 Å². The number of carbonyl (C=O) groups excluding carboxylic acids is 1. The van der Waals surface area contributed by atoms with Crippen LogP contribution in [0.2, 0.25) is 0 Å². The van der Waals surface area contributed by atoms with Crippen molar-refractivity contribution in [2.75, 3.05) is 5.75 Å². The Balaban J connectivity index is 2.57. The summed E-state index contributed by atoms with van der Waals surface area (Å²) < 4.78 is 29.4. The third kappa shape index (κ3) is 5.19. The normalized spacial score (nSPS) is 13.2. The molecule has 0 heterocycles. The molecule has 0 amide bonds. The molecule has 0 bridgehead atoms. The Labute approximate surface area is 103 Å². The lowest BCUT2D eigenvalue weighted by molar-refractivity contribution is -0.151. The van der Waals surface area contributed by atoms with Gasteiger partial charge in [0.2, 0.25) is 5.75 Å². The van der Waals surface area contributed by atoms with Crippen LogP contribution in [-0.2, 0) is 20.7 Å². The first kappa shape index (κ1) is 14.0. The van der Waals surface area contributed by atoms with Crippen LogP contribution >= 0.6 is 0 Å². The molecule has 0 aliphatic carbocycles. The van der Waals surface area contributed by atoms with Gasteiger partial charge in [-0.25, -0.2) is 9.18 Å². The summed E-state index contributed by atoms with van der Waals surface area (Å²) in [5, 5.41) is 0. The molecule has 1 aromatic carbocycles. The van der Waals surface area contributed by atoms with E-state index in [0.29, 0.717) is 4.90 Å². The molecule has 5 heteroatoms. The third-order valence-corrected chi connectivity index (χ3v) is 3.04. The van der Waals surface area contributed by atoms with E-state index in [0.717, 1.165) is 0 Å².